The number of anilines is 1. The molecule has 24 heavy (non-hydrogen) atoms. The minimum Gasteiger partial charge on any atom is -0.476 e. The van der Waals surface area contributed by atoms with Gasteiger partial charge in [-0.3, -0.25) is 9.48 Å². The summed E-state index contributed by atoms with van der Waals surface area (Å²) in [6.07, 6.45) is 1.43. The third-order valence-electron chi connectivity index (χ3n) is 3.06. The van der Waals surface area contributed by atoms with Gasteiger partial charge in [0.25, 0.3) is 0 Å². The van der Waals surface area contributed by atoms with Gasteiger partial charge in [-0.2, -0.15) is 13.9 Å². The first-order chi connectivity index (χ1) is 11.3. The van der Waals surface area contributed by atoms with Gasteiger partial charge in [-0.25, -0.2) is 4.79 Å². The molecule has 1 heterocycles. The van der Waals surface area contributed by atoms with Crippen LogP contribution >= 0.6 is 0 Å². The van der Waals surface area contributed by atoms with E-state index >= 15 is 0 Å². The number of halogens is 2. The first-order valence-electron chi connectivity index (χ1n) is 6.97. The number of carboxylic acid groups (broad SMARTS) is 1. The Balaban J connectivity index is 1.97. The van der Waals surface area contributed by atoms with Crippen LogP contribution in [0.4, 0.5) is 14.5 Å². The minimum absolute atomic E-state index is 0.0112. The number of hydrogen-bond acceptors (Lipinski definition) is 4. The van der Waals surface area contributed by atoms with Crippen LogP contribution < -0.4 is 10.1 Å². The van der Waals surface area contributed by atoms with Crippen molar-refractivity contribution in [3.63, 3.8) is 0 Å². The van der Waals surface area contributed by atoms with Crippen molar-refractivity contribution >= 4 is 17.6 Å². The normalized spacial score (nSPS) is 10.7. The van der Waals surface area contributed by atoms with E-state index in [9.17, 15) is 18.4 Å². The summed E-state index contributed by atoms with van der Waals surface area (Å²) < 4.78 is 30.5. The van der Waals surface area contributed by atoms with Gasteiger partial charge >= 0.3 is 12.6 Å². The summed E-state index contributed by atoms with van der Waals surface area (Å²) in [5.41, 5.74) is 0.723. The lowest BCUT2D eigenvalue weighted by Gasteiger charge is -2.12. The van der Waals surface area contributed by atoms with E-state index < -0.39 is 18.5 Å². The van der Waals surface area contributed by atoms with Gasteiger partial charge in [0.1, 0.15) is 5.75 Å². The molecule has 7 nitrogen and oxygen atoms in total. The third kappa shape index (κ3) is 4.77. The zero-order valence-corrected chi connectivity index (χ0v) is 12.7. The van der Waals surface area contributed by atoms with E-state index in [1.807, 2.05) is 0 Å². The Hall–Kier alpha value is -2.97. The van der Waals surface area contributed by atoms with E-state index in [0.29, 0.717) is 5.56 Å². The van der Waals surface area contributed by atoms with Crippen LogP contribution in [-0.4, -0.2) is 33.4 Å². The Labute approximate surface area is 135 Å². The van der Waals surface area contributed by atoms with Gasteiger partial charge in [0.2, 0.25) is 5.91 Å². The number of amides is 1. The van der Waals surface area contributed by atoms with Crippen molar-refractivity contribution < 1.29 is 28.2 Å². The van der Waals surface area contributed by atoms with Crippen LogP contribution in [0.15, 0.2) is 30.5 Å². The van der Waals surface area contributed by atoms with Gasteiger partial charge in [-0.1, -0.05) is 6.07 Å². The fourth-order valence-electron chi connectivity index (χ4n) is 1.96. The lowest BCUT2D eigenvalue weighted by molar-refractivity contribution is -0.116. The van der Waals surface area contributed by atoms with Gasteiger partial charge in [0.05, 0.1) is 5.69 Å². The van der Waals surface area contributed by atoms with Crippen LogP contribution in [0, 0.1) is 6.92 Å². The van der Waals surface area contributed by atoms with Crippen LogP contribution in [-0.2, 0) is 11.3 Å². The van der Waals surface area contributed by atoms with Crippen molar-refractivity contribution in [1.29, 1.82) is 0 Å². The molecule has 0 spiro atoms. The fraction of sp³-hybridized carbons (Fsp3) is 0.267. The number of carboxylic acids is 1. The topological polar surface area (TPSA) is 93.5 Å². The largest absolute Gasteiger partial charge is 0.476 e. The van der Waals surface area contributed by atoms with Gasteiger partial charge in [-0.05, 0) is 30.7 Å². The van der Waals surface area contributed by atoms with E-state index in [4.69, 9.17) is 5.11 Å². The number of carbonyl (C=O) groups is 2. The molecule has 2 N–H and O–H groups in total. The van der Waals surface area contributed by atoms with E-state index in [0.717, 1.165) is 0 Å². The molecule has 2 aromatic rings. The maximum Gasteiger partial charge on any atom is 0.387 e. The van der Waals surface area contributed by atoms with Crippen molar-refractivity contribution in [2.75, 3.05) is 5.32 Å². The molecular weight excluding hydrogens is 324 g/mol. The molecule has 0 radical (unpaired) electrons. The van der Waals surface area contributed by atoms with Gasteiger partial charge in [0.15, 0.2) is 5.69 Å². The highest BCUT2D eigenvalue weighted by atomic mass is 19.3. The second-order valence-corrected chi connectivity index (χ2v) is 4.95. The Morgan fingerprint density at radius 3 is 2.75 bits per heavy atom. The molecule has 1 aromatic carbocycles. The molecule has 0 saturated heterocycles. The molecule has 0 unspecified atom stereocenters. The number of alkyl halides is 2. The minimum atomic E-state index is -3.00. The molecule has 0 fully saturated rings. The molecule has 2 rings (SSSR count). The number of aromatic carboxylic acids is 1. The van der Waals surface area contributed by atoms with Crippen LogP contribution in [0.2, 0.25) is 0 Å². The van der Waals surface area contributed by atoms with Crippen molar-refractivity contribution in [2.24, 2.45) is 0 Å². The van der Waals surface area contributed by atoms with Gasteiger partial charge < -0.3 is 15.2 Å². The van der Waals surface area contributed by atoms with Crippen molar-refractivity contribution in [1.82, 2.24) is 9.78 Å². The molecule has 0 saturated carbocycles. The van der Waals surface area contributed by atoms with E-state index in [-0.39, 0.29) is 30.1 Å². The molecule has 9 heteroatoms. The Morgan fingerprint density at radius 2 is 2.12 bits per heavy atom. The van der Waals surface area contributed by atoms with E-state index in [2.05, 4.69) is 15.2 Å². The first-order valence-corrected chi connectivity index (χ1v) is 6.97. The maximum absolute atomic E-state index is 12.4. The third-order valence-corrected chi connectivity index (χ3v) is 3.06. The number of ether oxygens (including phenoxy) is 1. The second kappa shape index (κ2) is 7.53. The molecule has 0 atom stereocenters. The highest BCUT2D eigenvalue weighted by Crippen LogP contribution is 2.27. The summed E-state index contributed by atoms with van der Waals surface area (Å²) in [4.78, 5) is 22.7. The molecule has 0 aliphatic rings. The molecule has 0 aliphatic carbocycles. The number of nitrogens with zero attached hydrogens (tertiary/aromatic N) is 2. The molecule has 1 aromatic heterocycles. The first kappa shape index (κ1) is 17.4. The predicted molar refractivity (Wildman–Crippen MR) is 80.2 cm³/mol. The number of benzene rings is 1. The second-order valence-electron chi connectivity index (χ2n) is 4.95. The highest BCUT2D eigenvalue weighted by molar-refractivity contribution is 5.92. The summed E-state index contributed by atoms with van der Waals surface area (Å²) in [6.45, 7) is -1.14. The lowest BCUT2D eigenvalue weighted by atomic mass is 10.2. The van der Waals surface area contributed by atoms with Crippen LogP contribution in [0.5, 0.6) is 5.75 Å². The van der Waals surface area contributed by atoms with Crippen molar-refractivity contribution in [2.45, 2.75) is 26.5 Å². The van der Waals surface area contributed by atoms with Crippen molar-refractivity contribution in [3.8, 4) is 5.75 Å². The summed E-state index contributed by atoms with van der Waals surface area (Å²) in [6, 6.07) is 5.84. The summed E-state index contributed by atoms with van der Waals surface area (Å²) in [5, 5.41) is 15.0. The smallest absolute Gasteiger partial charge is 0.387 e. The molecule has 1 amide bonds. The zero-order chi connectivity index (χ0) is 17.7. The fourth-order valence-corrected chi connectivity index (χ4v) is 1.96. The Bertz CT molecular complexity index is 746. The van der Waals surface area contributed by atoms with Crippen LogP contribution in [0.1, 0.15) is 22.5 Å². The lowest BCUT2D eigenvalue weighted by Crippen LogP contribution is -2.16. The average molecular weight is 339 g/mol. The van der Waals surface area contributed by atoms with Gasteiger partial charge in [0, 0.05) is 19.2 Å². The predicted octanol–water partition coefficient (Wildman–Crippen LogP) is 2.52. The summed E-state index contributed by atoms with van der Waals surface area (Å²) >= 11 is 0. The van der Waals surface area contributed by atoms with Crippen molar-refractivity contribution in [3.05, 3.63) is 41.7 Å². The maximum atomic E-state index is 12.4. The SMILES string of the molecule is Cc1ccc(NC(=O)CCn2ccc(C(=O)O)n2)c(OC(F)F)c1. The number of rotatable bonds is 7. The number of hydrogen-bond donors (Lipinski definition) is 2. The quantitative estimate of drug-likeness (QED) is 0.808. The van der Waals surface area contributed by atoms with E-state index in [1.54, 1.807) is 13.0 Å². The standard InChI is InChI=1S/C15H15F2N3O4/c1-9-2-3-10(12(8-9)24-15(16)17)18-13(21)5-7-20-6-4-11(19-20)14(22)23/h2-4,6,8,15H,5,7H2,1H3,(H,18,21)(H,22,23). The monoisotopic (exact) mass is 339 g/mol. The Kier molecular flexibility index (Phi) is 5.46. The average Bonchev–Trinajstić information content (AvgIpc) is 2.96. The number of aryl methyl sites for hydroxylation is 2. The Morgan fingerprint density at radius 1 is 1.38 bits per heavy atom. The molecular formula is C15H15F2N3O4. The number of nitrogens with one attached hydrogen (secondary N) is 1. The van der Waals surface area contributed by atoms with Crippen LogP contribution in [0.3, 0.4) is 0 Å². The molecule has 0 aliphatic heterocycles. The highest BCUT2D eigenvalue weighted by Gasteiger charge is 2.13. The number of aromatic nitrogens is 2. The molecule has 0 bridgehead atoms. The van der Waals surface area contributed by atoms with E-state index in [1.165, 1.54) is 29.1 Å². The number of carbonyl (C=O) groups excluding carboxylic acids is 1. The summed E-state index contributed by atoms with van der Waals surface area (Å²) in [7, 11) is 0. The molecule has 128 valence electrons. The van der Waals surface area contributed by atoms with Gasteiger partial charge in [-0.15, -0.1) is 0 Å². The zero-order valence-electron chi connectivity index (χ0n) is 12.7. The summed E-state index contributed by atoms with van der Waals surface area (Å²) in [5.74, 6) is -1.72. The van der Waals surface area contributed by atoms with Crippen LogP contribution in [0.25, 0.3) is 0 Å².